The van der Waals surface area contributed by atoms with E-state index in [9.17, 15) is 9.90 Å². The first-order chi connectivity index (χ1) is 13.0. The van der Waals surface area contributed by atoms with E-state index < -0.39 is 11.6 Å². The normalized spacial score (nSPS) is 13.3. The van der Waals surface area contributed by atoms with E-state index in [1.807, 2.05) is 23.9 Å². The molecule has 0 saturated heterocycles. The summed E-state index contributed by atoms with van der Waals surface area (Å²) in [5.41, 5.74) is 1.23. The molecule has 0 aliphatic carbocycles. The lowest BCUT2D eigenvalue weighted by Crippen LogP contribution is -2.40. The molecule has 0 spiro atoms. The van der Waals surface area contributed by atoms with Crippen LogP contribution < -0.4 is 9.47 Å². The number of rotatable bonds is 10. The molecule has 0 radical (unpaired) electrons. The van der Waals surface area contributed by atoms with E-state index in [0.29, 0.717) is 24.5 Å². The Morgan fingerprint density at radius 2 is 1.74 bits per heavy atom. The van der Waals surface area contributed by atoms with Crippen molar-refractivity contribution in [2.75, 3.05) is 12.9 Å². The van der Waals surface area contributed by atoms with E-state index in [4.69, 9.17) is 9.47 Å². The Kier molecular flexibility index (Phi) is 7.80. The zero-order chi connectivity index (χ0) is 19.7. The maximum absolute atomic E-state index is 11.3. The summed E-state index contributed by atoms with van der Waals surface area (Å²) in [6, 6.07) is 15.5. The zero-order valence-electron chi connectivity index (χ0n) is 16.0. The second-order valence-corrected chi connectivity index (χ2v) is 7.22. The Labute approximate surface area is 165 Å². The van der Waals surface area contributed by atoms with Crippen molar-refractivity contribution in [1.29, 1.82) is 0 Å². The highest BCUT2D eigenvalue weighted by atomic mass is 32.2. The van der Waals surface area contributed by atoms with Crippen molar-refractivity contribution in [1.82, 2.24) is 0 Å². The molecule has 4 nitrogen and oxygen atoms in total. The number of benzene rings is 2. The van der Waals surface area contributed by atoms with Crippen LogP contribution in [0.2, 0.25) is 0 Å². The van der Waals surface area contributed by atoms with Gasteiger partial charge in [0.25, 0.3) is 0 Å². The minimum Gasteiger partial charge on any atom is -0.490 e. The van der Waals surface area contributed by atoms with Crippen molar-refractivity contribution >= 4 is 23.8 Å². The molecule has 0 aliphatic rings. The third-order valence-corrected chi connectivity index (χ3v) is 4.86. The van der Waals surface area contributed by atoms with E-state index in [-0.39, 0.29) is 0 Å². The van der Waals surface area contributed by atoms with Crippen LogP contribution in [0.1, 0.15) is 31.4 Å². The second kappa shape index (κ2) is 10.1. The van der Waals surface area contributed by atoms with Crippen LogP contribution in [0.3, 0.4) is 0 Å². The number of carboxylic acid groups (broad SMARTS) is 1. The van der Waals surface area contributed by atoms with E-state index in [1.54, 1.807) is 38.1 Å². The maximum atomic E-state index is 11.3. The summed E-state index contributed by atoms with van der Waals surface area (Å²) < 4.78 is 11.3. The third kappa shape index (κ3) is 6.36. The summed E-state index contributed by atoms with van der Waals surface area (Å²) in [7, 11) is 0. The van der Waals surface area contributed by atoms with Crippen LogP contribution in [-0.4, -0.2) is 29.5 Å². The van der Waals surface area contributed by atoms with Gasteiger partial charge in [-0.2, -0.15) is 11.8 Å². The average Bonchev–Trinajstić information content (AvgIpc) is 2.67. The van der Waals surface area contributed by atoms with E-state index >= 15 is 0 Å². The van der Waals surface area contributed by atoms with Gasteiger partial charge in [0.15, 0.2) is 0 Å². The molecule has 0 aromatic heterocycles. The van der Waals surface area contributed by atoms with Crippen molar-refractivity contribution < 1.29 is 19.4 Å². The van der Waals surface area contributed by atoms with Gasteiger partial charge in [-0.1, -0.05) is 37.3 Å². The highest BCUT2D eigenvalue weighted by molar-refractivity contribution is 7.97. The molecule has 1 unspecified atom stereocenters. The van der Waals surface area contributed by atoms with Gasteiger partial charge in [-0.25, -0.2) is 4.79 Å². The molecule has 0 bridgehead atoms. The minimum absolute atomic E-state index is 0.379. The fraction of sp³-hybridized carbons (Fsp3) is 0.318. The van der Waals surface area contributed by atoms with Crippen LogP contribution in [0.25, 0.3) is 6.08 Å². The van der Waals surface area contributed by atoms with Crippen LogP contribution in [-0.2, 0) is 10.5 Å². The number of thioether (sulfide) groups is 1. The molecule has 0 aliphatic heterocycles. The molecule has 2 aromatic rings. The molecular formula is C22H26O4S. The summed E-state index contributed by atoms with van der Waals surface area (Å²) in [6.07, 6.45) is 6.47. The van der Waals surface area contributed by atoms with E-state index in [2.05, 4.69) is 30.5 Å². The standard InChI is InChI=1S/C22H26O4S/c1-4-22(2,21(23)24)26-20-13-11-19(12-14-20)25-15-5-6-17-7-9-18(10-8-17)16-27-3/h5-14H,4,15-16H2,1-3H3,(H,23,24)/b6-5+. The number of carboxylic acids is 1. The van der Waals surface area contributed by atoms with Gasteiger partial charge in [0, 0.05) is 5.75 Å². The molecule has 1 atom stereocenters. The van der Waals surface area contributed by atoms with E-state index in [1.165, 1.54) is 5.56 Å². The number of carbonyl (C=O) groups is 1. The SMILES string of the molecule is CCC(C)(Oc1ccc(OC/C=C/c2ccc(CSC)cc2)cc1)C(=O)O. The molecule has 0 saturated carbocycles. The van der Waals surface area contributed by atoms with Crippen molar-refractivity contribution in [3.63, 3.8) is 0 Å². The smallest absolute Gasteiger partial charge is 0.347 e. The lowest BCUT2D eigenvalue weighted by Gasteiger charge is -2.24. The molecule has 2 aromatic carbocycles. The van der Waals surface area contributed by atoms with Crippen molar-refractivity contribution in [3.05, 3.63) is 65.7 Å². The Hall–Kier alpha value is -2.40. The molecule has 1 N–H and O–H groups in total. The fourth-order valence-corrected chi connectivity index (χ4v) is 2.88. The molecule has 144 valence electrons. The third-order valence-electron chi connectivity index (χ3n) is 4.24. The molecule has 0 amide bonds. The topological polar surface area (TPSA) is 55.8 Å². The predicted molar refractivity (Wildman–Crippen MR) is 112 cm³/mol. The highest BCUT2D eigenvalue weighted by Crippen LogP contribution is 2.24. The van der Waals surface area contributed by atoms with Gasteiger partial charge in [0.2, 0.25) is 5.60 Å². The quantitative estimate of drug-likeness (QED) is 0.602. The highest BCUT2D eigenvalue weighted by Gasteiger charge is 2.33. The van der Waals surface area contributed by atoms with Gasteiger partial charge >= 0.3 is 5.97 Å². The first-order valence-corrected chi connectivity index (χ1v) is 10.3. The van der Waals surface area contributed by atoms with Crippen LogP contribution in [0.5, 0.6) is 11.5 Å². The molecule has 2 rings (SSSR count). The molecule has 0 fully saturated rings. The van der Waals surface area contributed by atoms with Gasteiger partial charge in [0.1, 0.15) is 18.1 Å². The maximum Gasteiger partial charge on any atom is 0.347 e. The predicted octanol–water partition coefficient (Wildman–Crippen LogP) is 5.27. The van der Waals surface area contributed by atoms with Gasteiger partial charge in [-0.15, -0.1) is 0 Å². The van der Waals surface area contributed by atoms with Gasteiger partial charge < -0.3 is 14.6 Å². The van der Waals surface area contributed by atoms with Crippen LogP contribution in [0, 0.1) is 0 Å². The lowest BCUT2D eigenvalue weighted by atomic mass is 10.0. The van der Waals surface area contributed by atoms with Crippen LogP contribution >= 0.6 is 11.8 Å². The Balaban J connectivity index is 1.85. The van der Waals surface area contributed by atoms with Gasteiger partial charge in [0.05, 0.1) is 0 Å². The van der Waals surface area contributed by atoms with Crippen LogP contribution in [0.4, 0.5) is 0 Å². The first kappa shape index (κ1) is 20.9. The zero-order valence-corrected chi connectivity index (χ0v) is 16.8. The number of aliphatic carboxylic acids is 1. The van der Waals surface area contributed by atoms with Gasteiger partial charge in [-0.05, 0) is 61.1 Å². The Morgan fingerprint density at radius 1 is 1.11 bits per heavy atom. The van der Waals surface area contributed by atoms with E-state index in [0.717, 1.165) is 11.3 Å². The molecular weight excluding hydrogens is 360 g/mol. The van der Waals surface area contributed by atoms with Gasteiger partial charge in [-0.3, -0.25) is 0 Å². The number of hydrogen-bond acceptors (Lipinski definition) is 4. The summed E-state index contributed by atoms with van der Waals surface area (Å²) in [5.74, 6) is 1.26. The summed E-state index contributed by atoms with van der Waals surface area (Å²) >= 11 is 1.81. The molecule has 5 heteroatoms. The average molecular weight is 387 g/mol. The summed E-state index contributed by atoms with van der Waals surface area (Å²) in [5, 5.41) is 9.27. The second-order valence-electron chi connectivity index (χ2n) is 6.35. The lowest BCUT2D eigenvalue weighted by molar-refractivity contribution is -0.154. The minimum atomic E-state index is -1.23. The molecule has 0 heterocycles. The Morgan fingerprint density at radius 3 is 2.30 bits per heavy atom. The van der Waals surface area contributed by atoms with Crippen molar-refractivity contribution in [3.8, 4) is 11.5 Å². The monoisotopic (exact) mass is 386 g/mol. The number of hydrogen-bond donors (Lipinski definition) is 1. The first-order valence-electron chi connectivity index (χ1n) is 8.86. The fourth-order valence-electron chi connectivity index (χ4n) is 2.35. The Bertz CT molecular complexity index is 753. The molecule has 27 heavy (non-hydrogen) atoms. The summed E-state index contributed by atoms with van der Waals surface area (Å²) in [6.45, 7) is 3.81. The van der Waals surface area contributed by atoms with Crippen molar-refractivity contribution in [2.24, 2.45) is 0 Å². The number of ether oxygens (including phenoxy) is 2. The largest absolute Gasteiger partial charge is 0.490 e. The summed E-state index contributed by atoms with van der Waals surface area (Å²) in [4.78, 5) is 11.3. The van der Waals surface area contributed by atoms with Crippen molar-refractivity contribution in [2.45, 2.75) is 31.6 Å². The van der Waals surface area contributed by atoms with Crippen LogP contribution in [0.15, 0.2) is 54.6 Å².